The molecule has 2 aromatic rings. The Morgan fingerprint density at radius 3 is 2.83 bits per heavy atom. The number of aliphatic hydroxyl groups excluding tert-OH is 1. The summed E-state index contributed by atoms with van der Waals surface area (Å²) in [4.78, 5) is 13.3. The van der Waals surface area contributed by atoms with E-state index in [0.29, 0.717) is 24.8 Å². The zero-order chi connectivity index (χ0) is 17.0. The van der Waals surface area contributed by atoms with Gasteiger partial charge in [-0.3, -0.25) is 0 Å². The average molecular weight is 320 g/mol. The lowest BCUT2D eigenvalue weighted by Gasteiger charge is -2.19. The Kier molecular flexibility index (Phi) is 5.20. The van der Waals surface area contributed by atoms with E-state index >= 15 is 0 Å². The molecule has 0 unspecified atom stereocenters. The summed E-state index contributed by atoms with van der Waals surface area (Å²) >= 11 is 0. The van der Waals surface area contributed by atoms with E-state index in [1.807, 2.05) is 25.1 Å². The van der Waals surface area contributed by atoms with Gasteiger partial charge >= 0.3 is 6.09 Å². The van der Waals surface area contributed by atoms with Crippen molar-refractivity contribution < 1.29 is 14.6 Å². The number of aliphatic hydroxyl groups is 1. The molecule has 0 aliphatic heterocycles. The largest absolute Gasteiger partial charge is 0.443 e. The summed E-state index contributed by atoms with van der Waals surface area (Å²) in [5, 5.41) is 17.8. The number of benzene rings is 1. The van der Waals surface area contributed by atoms with Crippen LogP contribution in [0.4, 0.5) is 4.79 Å². The monoisotopic (exact) mass is 320 g/mol. The van der Waals surface area contributed by atoms with Gasteiger partial charge in [-0.05, 0) is 56.9 Å². The number of aryl methyl sites for hydroxylation is 1. The standard InChI is InChI=1S/C16H24N4O3/c1-5-12(21)10-9-11-7-6-8-13-14(11)20(19-17-13)18-15(22)23-16(2,3)4/h6-8,12,21H,5,9-10H2,1-4H3,(H,18,22)/t12-/m0/s1. The van der Waals surface area contributed by atoms with Crippen LogP contribution in [0.2, 0.25) is 0 Å². The molecule has 0 aliphatic rings. The molecule has 0 radical (unpaired) electrons. The molecule has 1 aromatic heterocycles. The van der Waals surface area contributed by atoms with Gasteiger partial charge in [0.15, 0.2) is 0 Å². The Balaban J connectivity index is 2.22. The first-order valence-electron chi connectivity index (χ1n) is 7.81. The van der Waals surface area contributed by atoms with E-state index in [2.05, 4.69) is 15.7 Å². The highest BCUT2D eigenvalue weighted by atomic mass is 16.6. The highest BCUT2D eigenvalue weighted by molar-refractivity contribution is 5.82. The normalized spacial score (nSPS) is 13.1. The first-order valence-corrected chi connectivity index (χ1v) is 7.81. The lowest BCUT2D eigenvalue weighted by Crippen LogP contribution is -2.32. The van der Waals surface area contributed by atoms with Crippen LogP contribution in [0.3, 0.4) is 0 Å². The fourth-order valence-electron chi connectivity index (χ4n) is 2.23. The molecule has 0 spiro atoms. The minimum Gasteiger partial charge on any atom is -0.443 e. The Morgan fingerprint density at radius 2 is 2.17 bits per heavy atom. The van der Waals surface area contributed by atoms with Crippen molar-refractivity contribution in [3.8, 4) is 0 Å². The van der Waals surface area contributed by atoms with Crippen molar-refractivity contribution in [3.63, 3.8) is 0 Å². The van der Waals surface area contributed by atoms with Crippen LogP contribution < -0.4 is 5.43 Å². The van der Waals surface area contributed by atoms with Gasteiger partial charge in [-0.2, -0.15) is 0 Å². The fourth-order valence-corrected chi connectivity index (χ4v) is 2.23. The van der Waals surface area contributed by atoms with Crippen LogP contribution in [0.15, 0.2) is 18.2 Å². The van der Waals surface area contributed by atoms with E-state index in [1.54, 1.807) is 20.8 Å². The molecule has 0 saturated heterocycles. The van der Waals surface area contributed by atoms with E-state index in [4.69, 9.17) is 4.74 Å². The first kappa shape index (κ1) is 17.2. The predicted octanol–water partition coefficient (Wildman–Crippen LogP) is 2.61. The van der Waals surface area contributed by atoms with Crippen molar-refractivity contribution in [1.29, 1.82) is 0 Å². The Morgan fingerprint density at radius 1 is 1.43 bits per heavy atom. The van der Waals surface area contributed by atoms with Gasteiger partial charge in [-0.25, -0.2) is 10.2 Å². The number of para-hydroxylation sites is 1. The van der Waals surface area contributed by atoms with Crippen molar-refractivity contribution in [2.75, 3.05) is 5.43 Å². The maximum Gasteiger partial charge on any atom is 0.428 e. The van der Waals surface area contributed by atoms with E-state index in [-0.39, 0.29) is 6.10 Å². The molecule has 7 heteroatoms. The van der Waals surface area contributed by atoms with E-state index in [0.717, 1.165) is 11.1 Å². The second-order valence-electron chi connectivity index (χ2n) is 6.50. The predicted molar refractivity (Wildman–Crippen MR) is 87.7 cm³/mol. The molecule has 23 heavy (non-hydrogen) atoms. The number of amides is 1. The van der Waals surface area contributed by atoms with Gasteiger partial charge in [0.1, 0.15) is 16.6 Å². The van der Waals surface area contributed by atoms with Crippen molar-refractivity contribution in [2.45, 2.75) is 58.7 Å². The molecule has 0 aliphatic carbocycles. The Labute approximate surface area is 135 Å². The number of hydrogen-bond acceptors (Lipinski definition) is 5. The summed E-state index contributed by atoms with van der Waals surface area (Å²) in [5.41, 5.74) is 4.37. The molecule has 1 heterocycles. The smallest absolute Gasteiger partial charge is 0.428 e. The number of nitrogens with one attached hydrogen (secondary N) is 1. The third-order valence-electron chi connectivity index (χ3n) is 3.37. The number of fused-ring (bicyclic) bond motifs is 1. The zero-order valence-electron chi connectivity index (χ0n) is 14.0. The number of carbonyl (C=O) groups is 1. The van der Waals surface area contributed by atoms with Crippen molar-refractivity contribution in [3.05, 3.63) is 23.8 Å². The number of ether oxygens (including phenoxy) is 1. The zero-order valence-corrected chi connectivity index (χ0v) is 14.0. The number of carbonyl (C=O) groups excluding carboxylic acids is 1. The molecule has 2 rings (SSSR count). The molecule has 1 amide bonds. The maximum atomic E-state index is 11.9. The molecule has 0 fully saturated rings. The highest BCUT2D eigenvalue weighted by Crippen LogP contribution is 2.18. The topological polar surface area (TPSA) is 89.3 Å². The Hall–Kier alpha value is -2.15. The average Bonchev–Trinajstić information content (AvgIpc) is 2.86. The second-order valence-corrected chi connectivity index (χ2v) is 6.50. The van der Waals surface area contributed by atoms with Gasteiger partial charge in [0.2, 0.25) is 0 Å². The lowest BCUT2D eigenvalue weighted by atomic mass is 10.0. The minimum absolute atomic E-state index is 0.339. The van der Waals surface area contributed by atoms with Gasteiger partial charge in [-0.1, -0.05) is 19.1 Å². The number of nitrogens with zero attached hydrogens (tertiary/aromatic N) is 3. The van der Waals surface area contributed by atoms with Gasteiger partial charge < -0.3 is 9.84 Å². The number of aromatic nitrogens is 3. The van der Waals surface area contributed by atoms with Crippen LogP contribution in [0.25, 0.3) is 11.0 Å². The van der Waals surface area contributed by atoms with Crippen LogP contribution in [0, 0.1) is 0 Å². The second kappa shape index (κ2) is 6.95. The number of rotatable bonds is 5. The SMILES string of the molecule is CC[C@H](O)CCc1cccc2nnn(NC(=O)OC(C)(C)C)c12. The quantitative estimate of drug-likeness (QED) is 0.884. The van der Waals surface area contributed by atoms with Crippen LogP contribution in [-0.2, 0) is 11.2 Å². The van der Waals surface area contributed by atoms with Crippen molar-refractivity contribution in [2.24, 2.45) is 0 Å². The molecule has 1 aromatic carbocycles. The summed E-state index contributed by atoms with van der Waals surface area (Å²) in [6.45, 7) is 7.33. The van der Waals surface area contributed by atoms with Gasteiger partial charge in [0.05, 0.1) is 6.10 Å². The minimum atomic E-state index is -0.590. The molecule has 1 atom stereocenters. The molecule has 7 nitrogen and oxygen atoms in total. The van der Waals surface area contributed by atoms with Gasteiger partial charge in [0, 0.05) is 0 Å². The van der Waals surface area contributed by atoms with Gasteiger partial charge in [0.25, 0.3) is 0 Å². The van der Waals surface area contributed by atoms with E-state index in [9.17, 15) is 9.90 Å². The van der Waals surface area contributed by atoms with Crippen LogP contribution >= 0.6 is 0 Å². The van der Waals surface area contributed by atoms with Crippen LogP contribution in [0.1, 0.15) is 46.1 Å². The molecule has 126 valence electrons. The van der Waals surface area contributed by atoms with E-state index < -0.39 is 11.7 Å². The molecule has 2 N–H and O–H groups in total. The summed E-state index contributed by atoms with van der Waals surface area (Å²) < 4.78 is 5.24. The van der Waals surface area contributed by atoms with Crippen LogP contribution in [-0.4, -0.2) is 38.0 Å². The maximum absolute atomic E-state index is 11.9. The molecule has 0 bridgehead atoms. The third-order valence-corrected chi connectivity index (χ3v) is 3.37. The summed E-state index contributed by atoms with van der Waals surface area (Å²) in [6, 6.07) is 5.67. The van der Waals surface area contributed by atoms with Crippen molar-refractivity contribution in [1.82, 2.24) is 15.1 Å². The van der Waals surface area contributed by atoms with Crippen LogP contribution in [0.5, 0.6) is 0 Å². The number of hydrogen-bond donors (Lipinski definition) is 2. The van der Waals surface area contributed by atoms with E-state index in [1.165, 1.54) is 4.79 Å². The third kappa shape index (κ3) is 4.66. The lowest BCUT2D eigenvalue weighted by molar-refractivity contribution is 0.0610. The summed E-state index contributed by atoms with van der Waals surface area (Å²) in [7, 11) is 0. The highest BCUT2D eigenvalue weighted by Gasteiger charge is 2.18. The fraction of sp³-hybridized carbons (Fsp3) is 0.562. The summed E-state index contributed by atoms with van der Waals surface area (Å²) in [5.74, 6) is 0. The summed E-state index contributed by atoms with van der Waals surface area (Å²) in [6.07, 6.45) is 1.10. The molecular weight excluding hydrogens is 296 g/mol. The molecular formula is C16H24N4O3. The first-order chi connectivity index (χ1) is 10.8. The van der Waals surface area contributed by atoms with Crippen molar-refractivity contribution >= 4 is 17.1 Å². The van der Waals surface area contributed by atoms with Gasteiger partial charge in [-0.15, -0.1) is 9.89 Å². The molecule has 0 saturated carbocycles. The Bertz CT molecular complexity index is 676.